The Morgan fingerprint density at radius 3 is 3.12 bits per heavy atom. The normalized spacial score (nSPS) is 28.4. The summed E-state index contributed by atoms with van der Waals surface area (Å²) in [5, 5.41) is 3.50. The molecule has 2 nitrogen and oxygen atoms in total. The number of rotatable bonds is 1. The maximum Gasteiger partial charge on any atom is 0.0410 e. The fourth-order valence-electron chi connectivity index (χ4n) is 3.00. The molecule has 17 heavy (non-hydrogen) atoms. The minimum Gasteiger partial charge on any atom is -0.316 e. The fraction of sp³-hybridized carbons (Fsp3) is 0.500. The molecular weight excluding hydrogens is 276 g/mol. The van der Waals surface area contributed by atoms with Crippen molar-refractivity contribution >= 4 is 21.5 Å². The second-order valence-electron chi connectivity index (χ2n) is 5.04. The number of hydrogen-bond acceptors (Lipinski definition) is 2. The molecule has 1 aliphatic heterocycles. The Morgan fingerprint density at radius 2 is 2.24 bits per heavy atom. The smallest absolute Gasteiger partial charge is 0.0410 e. The zero-order valence-electron chi connectivity index (χ0n) is 9.82. The van der Waals surface area contributed by atoms with E-state index in [1.165, 1.54) is 36.9 Å². The number of aromatic nitrogens is 1. The van der Waals surface area contributed by atoms with Gasteiger partial charge in [-0.05, 0) is 70.8 Å². The maximum atomic E-state index is 4.26. The molecule has 1 aromatic rings. The van der Waals surface area contributed by atoms with E-state index in [-0.39, 0.29) is 0 Å². The second kappa shape index (κ2) is 4.91. The Morgan fingerprint density at radius 1 is 1.29 bits per heavy atom. The molecule has 3 heteroatoms. The highest BCUT2D eigenvalue weighted by Crippen LogP contribution is 2.36. The number of piperidine rings is 1. The van der Waals surface area contributed by atoms with E-state index in [1.807, 2.05) is 12.4 Å². The zero-order valence-corrected chi connectivity index (χ0v) is 11.4. The van der Waals surface area contributed by atoms with Crippen molar-refractivity contribution in [2.24, 2.45) is 11.8 Å². The molecule has 0 saturated carbocycles. The lowest BCUT2D eigenvalue weighted by atomic mass is 9.76. The molecule has 90 valence electrons. The van der Waals surface area contributed by atoms with Gasteiger partial charge in [0.1, 0.15) is 0 Å². The lowest BCUT2D eigenvalue weighted by Gasteiger charge is -2.34. The van der Waals surface area contributed by atoms with Crippen LogP contribution in [-0.4, -0.2) is 18.1 Å². The van der Waals surface area contributed by atoms with E-state index in [2.05, 4.69) is 38.4 Å². The van der Waals surface area contributed by atoms with E-state index < -0.39 is 0 Å². The van der Waals surface area contributed by atoms with Crippen LogP contribution in [0.3, 0.4) is 0 Å². The molecule has 2 atom stereocenters. The molecular formula is C14H17BrN2. The van der Waals surface area contributed by atoms with E-state index in [4.69, 9.17) is 0 Å². The number of hydrogen-bond donors (Lipinski definition) is 1. The molecule has 0 aromatic carbocycles. The lowest BCUT2D eigenvalue weighted by Crippen LogP contribution is -2.37. The van der Waals surface area contributed by atoms with Crippen molar-refractivity contribution in [2.45, 2.75) is 19.3 Å². The molecule has 1 saturated heterocycles. The third-order valence-corrected chi connectivity index (χ3v) is 4.39. The monoisotopic (exact) mass is 292 g/mol. The third kappa shape index (κ3) is 2.45. The van der Waals surface area contributed by atoms with Gasteiger partial charge in [-0.15, -0.1) is 0 Å². The topological polar surface area (TPSA) is 24.9 Å². The average molecular weight is 293 g/mol. The number of fused-ring (bicyclic) bond motifs is 1. The molecule has 2 heterocycles. The molecule has 0 radical (unpaired) electrons. The summed E-state index contributed by atoms with van der Waals surface area (Å²) in [4.78, 5) is 4.26. The van der Waals surface area contributed by atoms with Crippen molar-refractivity contribution in [3.05, 3.63) is 34.6 Å². The van der Waals surface area contributed by atoms with Crippen LogP contribution < -0.4 is 5.32 Å². The largest absolute Gasteiger partial charge is 0.316 e. The first kappa shape index (κ1) is 11.4. The highest BCUT2D eigenvalue weighted by atomic mass is 79.9. The number of halogens is 1. The molecule has 1 aliphatic carbocycles. The molecule has 2 unspecified atom stereocenters. The Balaban J connectivity index is 1.86. The minimum absolute atomic E-state index is 0.728. The van der Waals surface area contributed by atoms with Gasteiger partial charge in [-0.1, -0.05) is 6.08 Å². The van der Waals surface area contributed by atoms with E-state index in [0.717, 1.165) is 22.9 Å². The zero-order chi connectivity index (χ0) is 11.7. The van der Waals surface area contributed by atoms with Crippen LogP contribution >= 0.6 is 15.9 Å². The van der Waals surface area contributed by atoms with Gasteiger partial charge in [0.25, 0.3) is 0 Å². The minimum atomic E-state index is 0.728. The molecule has 0 bridgehead atoms. The maximum absolute atomic E-state index is 4.26. The first-order valence-corrected chi connectivity index (χ1v) is 7.14. The molecule has 1 fully saturated rings. The molecule has 1 aromatic heterocycles. The van der Waals surface area contributed by atoms with Gasteiger partial charge in [-0.2, -0.15) is 0 Å². The molecule has 0 spiro atoms. The van der Waals surface area contributed by atoms with Gasteiger partial charge in [0.05, 0.1) is 0 Å². The number of nitrogens with zero attached hydrogens (tertiary/aromatic N) is 1. The summed E-state index contributed by atoms with van der Waals surface area (Å²) < 4.78 is 1.07. The van der Waals surface area contributed by atoms with E-state index >= 15 is 0 Å². The van der Waals surface area contributed by atoms with Crippen molar-refractivity contribution in [1.29, 1.82) is 0 Å². The van der Waals surface area contributed by atoms with Crippen molar-refractivity contribution in [3.63, 3.8) is 0 Å². The van der Waals surface area contributed by atoms with Crippen molar-refractivity contribution in [1.82, 2.24) is 10.3 Å². The highest BCUT2D eigenvalue weighted by Gasteiger charge is 2.27. The second-order valence-corrected chi connectivity index (χ2v) is 5.95. The summed E-state index contributed by atoms with van der Waals surface area (Å²) in [6.45, 7) is 2.35. The van der Waals surface area contributed by atoms with Crippen LogP contribution in [0.25, 0.3) is 5.57 Å². The summed E-state index contributed by atoms with van der Waals surface area (Å²) >= 11 is 3.50. The fourth-order valence-corrected chi connectivity index (χ4v) is 3.37. The van der Waals surface area contributed by atoms with Crippen LogP contribution in [0, 0.1) is 11.8 Å². The quantitative estimate of drug-likeness (QED) is 0.859. The van der Waals surface area contributed by atoms with Crippen molar-refractivity contribution < 1.29 is 0 Å². The first-order valence-electron chi connectivity index (χ1n) is 6.35. The predicted molar refractivity (Wildman–Crippen MR) is 73.6 cm³/mol. The predicted octanol–water partition coefficient (Wildman–Crippen LogP) is 3.25. The highest BCUT2D eigenvalue weighted by molar-refractivity contribution is 9.10. The molecule has 0 amide bonds. The first-order chi connectivity index (χ1) is 8.33. The third-order valence-electron chi connectivity index (χ3n) is 3.95. The van der Waals surface area contributed by atoms with Crippen LogP contribution in [0.5, 0.6) is 0 Å². The Labute approximate surface area is 111 Å². The van der Waals surface area contributed by atoms with Crippen molar-refractivity contribution in [2.75, 3.05) is 13.1 Å². The van der Waals surface area contributed by atoms with E-state index in [0.29, 0.717) is 0 Å². The van der Waals surface area contributed by atoms with Crippen LogP contribution in [0.15, 0.2) is 29.0 Å². The summed E-state index contributed by atoms with van der Waals surface area (Å²) in [7, 11) is 0. The number of allylic oxidation sites excluding steroid dienone is 1. The summed E-state index contributed by atoms with van der Waals surface area (Å²) in [5.41, 5.74) is 2.76. The summed E-state index contributed by atoms with van der Waals surface area (Å²) in [6, 6.07) is 2.18. The van der Waals surface area contributed by atoms with E-state index in [1.54, 1.807) is 0 Å². The standard InChI is InChI=1S/C14H17BrN2/c15-14-6-13(8-17-9-14)11-2-1-10-3-4-16-7-12(10)5-11/h5-6,8-10,12,16H,1-4,7H2. The van der Waals surface area contributed by atoms with Crippen LogP contribution in [-0.2, 0) is 0 Å². The number of nitrogens with one attached hydrogen (secondary N) is 1. The summed E-state index contributed by atoms with van der Waals surface area (Å²) in [6.07, 6.45) is 10.2. The van der Waals surface area contributed by atoms with Gasteiger partial charge in [0, 0.05) is 23.4 Å². The molecule has 1 N–H and O–H groups in total. The lowest BCUT2D eigenvalue weighted by molar-refractivity contribution is 0.279. The van der Waals surface area contributed by atoms with E-state index in [9.17, 15) is 0 Å². The summed E-state index contributed by atoms with van der Waals surface area (Å²) in [5.74, 6) is 1.63. The Bertz CT molecular complexity index is 442. The van der Waals surface area contributed by atoms with Crippen LogP contribution in [0.1, 0.15) is 24.8 Å². The Hall–Kier alpha value is -0.670. The molecule has 3 rings (SSSR count). The van der Waals surface area contributed by atoms with Crippen LogP contribution in [0.2, 0.25) is 0 Å². The van der Waals surface area contributed by atoms with Crippen molar-refractivity contribution in [3.8, 4) is 0 Å². The van der Waals surface area contributed by atoms with Crippen LogP contribution in [0.4, 0.5) is 0 Å². The van der Waals surface area contributed by atoms with Gasteiger partial charge < -0.3 is 5.32 Å². The average Bonchev–Trinajstić information content (AvgIpc) is 2.38. The Kier molecular flexibility index (Phi) is 3.30. The van der Waals surface area contributed by atoms with Gasteiger partial charge in [-0.25, -0.2) is 0 Å². The van der Waals surface area contributed by atoms with Gasteiger partial charge in [0.2, 0.25) is 0 Å². The van der Waals surface area contributed by atoms with Gasteiger partial charge in [-0.3, -0.25) is 4.98 Å². The van der Waals surface area contributed by atoms with Gasteiger partial charge >= 0.3 is 0 Å². The SMILES string of the molecule is Brc1cncc(C2=CC3CNCCC3CC2)c1. The van der Waals surface area contributed by atoms with Gasteiger partial charge in [0.15, 0.2) is 0 Å². The molecule has 2 aliphatic rings. The number of pyridine rings is 1.